The molecule has 0 bridgehead atoms. The number of nitrogens with zero attached hydrogens (tertiary/aromatic N) is 2. The third kappa shape index (κ3) is 5.62. The number of alkyl halides is 3. The molecule has 0 aliphatic heterocycles. The van der Waals surface area contributed by atoms with Crippen molar-refractivity contribution in [3.63, 3.8) is 0 Å². The molecule has 0 atom stereocenters. The predicted octanol–water partition coefficient (Wildman–Crippen LogP) is 6.50. The number of aromatic nitrogens is 2. The molecule has 1 aromatic carbocycles. The van der Waals surface area contributed by atoms with Gasteiger partial charge in [0.25, 0.3) is 0 Å². The molecule has 0 N–H and O–H groups in total. The first-order chi connectivity index (χ1) is 14.3. The number of carbonyl (C=O) groups is 1. The Bertz CT molecular complexity index is 945. The van der Waals surface area contributed by atoms with Crippen molar-refractivity contribution in [2.45, 2.75) is 53.8 Å². The Balaban J connectivity index is 0.00000106. The van der Waals surface area contributed by atoms with Crippen LogP contribution in [0.4, 0.5) is 13.2 Å². The van der Waals surface area contributed by atoms with Crippen molar-refractivity contribution in [2.24, 2.45) is 0 Å². The second-order valence-corrected chi connectivity index (χ2v) is 5.86. The molecule has 3 aromatic rings. The normalized spacial score (nSPS) is 10.6. The van der Waals surface area contributed by atoms with E-state index in [1.807, 2.05) is 39.2 Å². The SMILES string of the molecule is CC.CC.CCn1cc(C(=O)OC)c2c(Cc3ccc(C(F)(F)F)cc3)ccnc21. The number of hydrogen-bond acceptors (Lipinski definition) is 3. The molecular formula is C23H29F3N2O2. The van der Waals surface area contributed by atoms with E-state index in [1.54, 1.807) is 18.5 Å². The highest BCUT2D eigenvalue weighted by Crippen LogP contribution is 2.30. The molecular weight excluding hydrogens is 393 g/mol. The van der Waals surface area contributed by atoms with Crippen molar-refractivity contribution in [3.05, 3.63) is 65.0 Å². The monoisotopic (exact) mass is 422 g/mol. The Morgan fingerprint density at radius 1 is 1.07 bits per heavy atom. The zero-order valence-electron chi connectivity index (χ0n) is 18.3. The summed E-state index contributed by atoms with van der Waals surface area (Å²) >= 11 is 0. The Morgan fingerprint density at radius 3 is 2.17 bits per heavy atom. The predicted molar refractivity (Wildman–Crippen MR) is 114 cm³/mol. The third-order valence-corrected chi connectivity index (χ3v) is 4.27. The quantitative estimate of drug-likeness (QED) is 0.451. The van der Waals surface area contributed by atoms with Gasteiger partial charge in [0.2, 0.25) is 0 Å². The van der Waals surface area contributed by atoms with Crippen LogP contribution in [0.5, 0.6) is 0 Å². The summed E-state index contributed by atoms with van der Waals surface area (Å²) in [5.74, 6) is -0.469. The van der Waals surface area contributed by atoms with Crippen LogP contribution in [-0.4, -0.2) is 22.6 Å². The molecule has 4 nitrogen and oxygen atoms in total. The lowest BCUT2D eigenvalue weighted by atomic mass is 10.00. The van der Waals surface area contributed by atoms with Crippen molar-refractivity contribution in [1.82, 2.24) is 9.55 Å². The number of aryl methyl sites for hydroxylation is 1. The lowest BCUT2D eigenvalue weighted by Gasteiger charge is -2.09. The molecule has 2 heterocycles. The minimum Gasteiger partial charge on any atom is -0.465 e. The fourth-order valence-corrected chi connectivity index (χ4v) is 2.97. The van der Waals surface area contributed by atoms with Crippen molar-refractivity contribution in [3.8, 4) is 0 Å². The van der Waals surface area contributed by atoms with E-state index in [-0.39, 0.29) is 0 Å². The highest BCUT2D eigenvalue weighted by molar-refractivity contribution is 6.04. The maximum absolute atomic E-state index is 12.7. The molecule has 0 aliphatic rings. The molecule has 164 valence electrons. The lowest BCUT2D eigenvalue weighted by molar-refractivity contribution is -0.137. The number of hydrogen-bond donors (Lipinski definition) is 0. The summed E-state index contributed by atoms with van der Waals surface area (Å²) in [4.78, 5) is 16.5. The Morgan fingerprint density at radius 2 is 1.67 bits per heavy atom. The number of fused-ring (bicyclic) bond motifs is 1. The van der Waals surface area contributed by atoms with Gasteiger partial charge in [-0.3, -0.25) is 0 Å². The van der Waals surface area contributed by atoms with Crippen LogP contribution in [0.15, 0.2) is 42.7 Å². The van der Waals surface area contributed by atoms with Gasteiger partial charge in [-0.2, -0.15) is 13.2 Å². The summed E-state index contributed by atoms with van der Waals surface area (Å²) in [6.45, 7) is 10.6. The summed E-state index contributed by atoms with van der Waals surface area (Å²) in [5, 5.41) is 0.668. The molecule has 2 aromatic heterocycles. The molecule has 0 unspecified atom stereocenters. The maximum atomic E-state index is 12.7. The summed E-state index contributed by atoms with van der Waals surface area (Å²) in [6.07, 6.45) is -0.650. The second kappa shape index (κ2) is 11.4. The number of benzene rings is 1. The summed E-state index contributed by atoms with van der Waals surface area (Å²) in [7, 11) is 1.31. The van der Waals surface area contributed by atoms with E-state index in [1.165, 1.54) is 19.2 Å². The van der Waals surface area contributed by atoms with Gasteiger partial charge >= 0.3 is 12.1 Å². The smallest absolute Gasteiger partial charge is 0.416 e. The summed E-state index contributed by atoms with van der Waals surface area (Å²) in [6, 6.07) is 6.79. The Kier molecular flexibility index (Phi) is 9.56. The third-order valence-electron chi connectivity index (χ3n) is 4.27. The van der Waals surface area contributed by atoms with E-state index in [2.05, 4.69) is 4.98 Å². The summed E-state index contributed by atoms with van der Waals surface area (Å²) in [5.41, 5.74) is 1.89. The molecule has 0 saturated heterocycles. The topological polar surface area (TPSA) is 44.1 Å². The average Bonchev–Trinajstić information content (AvgIpc) is 3.16. The van der Waals surface area contributed by atoms with Gasteiger partial charge in [0, 0.05) is 24.3 Å². The van der Waals surface area contributed by atoms with Crippen molar-refractivity contribution in [1.29, 1.82) is 0 Å². The van der Waals surface area contributed by atoms with E-state index >= 15 is 0 Å². The molecule has 0 fully saturated rings. The number of halogens is 3. The fraction of sp³-hybridized carbons (Fsp3) is 0.391. The van der Waals surface area contributed by atoms with Crippen LogP contribution in [-0.2, 0) is 23.9 Å². The van der Waals surface area contributed by atoms with Crippen LogP contribution >= 0.6 is 0 Å². The zero-order valence-corrected chi connectivity index (χ0v) is 18.3. The minimum atomic E-state index is -4.36. The lowest BCUT2D eigenvalue weighted by Crippen LogP contribution is -2.05. The average molecular weight is 422 g/mol. The number of esters is 1. The van der Waals surface area contributed by atoms with Gasteiger partial charge in [0.15, 0.2) is 0 Å². The zero-order chi connectivity index (χ0) is 22.9. The first-order valence-corrected chi connectivity index (χ1v) is 10.1. The second-order valence-electron chi connectivity index (χ2n) is 5.86. The van der Waals surface area contributed by atoms with E-state index in [0.717, 1.165) is 17.7 Å². The van der Waals surface area contributed by atoms with Gasteiger partial charge in [-0.25, -0.2) is 9.78 Å². The highest BCUT2D eigenvalue weighted by atomic mass is 19.4. The van der Waals surface area contributed by atoms with Crippen LogP contribution in [0.1, 0.15) is 61.7 Å². The molecule has 30 heavy (non-hydrogen) atoms. The van der Waals surface area contributed by atoms with Crippen LogP contribution in [0.3, 0.4) is 0 Å². The van der Waals surface area contributed by atoms with Gasteiger partial charge < -0.3 is 9.30 Å². The van der Waals surface area contributed by atoms with Crippen molar-refractivity contribution < 1.29 is 22.7 Å². The number of ether oxygens (including phenoxy) is 1. The minimum absolute atomic E-state index is 0.384. The molecule has 0 aliphatic carbocycles. The molecule has 0 spiro atoms. The van der Waals surface area contributed by atoms with Gasteiger partial charge in [-0.05, 0) is 42.7 Å². The van der Waals surface area contributed by atoms with Gasteiger partial charge in [0.1, 0.15) is 5.65 Å². The molecule has 0 amide bonds. The molecule has 3 rings (SSSR count). The maximum Gasteiger partial charge on any atom is 0.416 e. The van der Waals surface area contributed by atoms with E-state index in [9.17, 15) is 18.0 Å². The van der Waals surface area contributed by atoms with Crippen LogP contribution < -0.4 is 0 Å². The van der Waals surface area contributed by atoms with Crippen LogP contribution in [0.25, 0.3) is 11.0 Å². The molecule has 0 saturated carbocycles. The molecule has 0 radical (unpaired) electrons. The highest BCUT2D eigenvalue weighted by Gasteiger charge is 2.30. The Hall–Kier alpha value is -2.83. The van der Waals surface area contributed by atoms with Gasteiger partial charge in [-0.1, -0.05) is 39.8 Å². The summed E-state index contributed by atoms with van der Waals surface area (Å²) < 4.78 is 44.8. The standard InChI is InChI=1S/C19H17F3N2O2.2C2H6/c1-3-24-11-15(18(25)26-2)16-13(8-9-23-17(16)24)10-12-4-6-14(7-5-12)19(20,21)22;2*1-2/h4-9,11H,3,10H2,1-2H3;2*1-2H3. The van der Waals surface area contributed by atoms with Gasteiger partial charge in [-0.15, -0.1) is 0 Å². The van der Waals surface area contributed by atoms with E-state index in [4.69, 9.17) is 4.74 Å². The first kappa shape index (κ1) is 25.2. The van der Waals surface area contributed by atoms with Crippen LogP contribution in [0, 0.1) is 0 Å². The van der Waals surface area contributed by atoms with Crippen molar-refractivity contribution >= 4 is 17.0 Å². The number of pyridine rings is 1. The largest absolute Gasteiger partial charge is 0.465 e. The van der Waals surface area contributed by atoms with E-state index < -0.39 is 17.7 Å². The van der Waals surface area contributed by atoms with E-state index in [0.29, 0.717) is 35.1 Å². The number of carbonyl (C=O) groups excluding carboxylic acids is 1. The van der Waals surface area contributed by atoms with Gasteiger partial charge in [0.05, 0.1) is 18.2 Å². The first-order valence-electron chi connectivity index (χ1n) is 10.1. The fourth-order valence-electron chi connectivity index (χ4n) is 2.97. The van der Waals surface area contributed by atoms with Crippen molar-refractivity contribution in [2.75, 3.05) is 7.11 Å². The molecule has 7 heteroatoms. The Labute approximate surface area is 175 Å². The number of methoxy groups -OCH3 is 1. The number of rotatable bonds is 4. The van der Waals surface area contributed by atoms with Crippen LogP contribution in [0.2, 0.25) is 0 Å².